The van der Waals surface area contributed by atoms with E-state index >= 15 is 0 Å². The van der Waals surface area contributed by atoms with Gasteiger partial charge in [-0.1, -0.05) is 146 Å². The van der Waals surface area contributed by atoms with Crippen LogP contribution < -0.4 is 0 Å². The molecule has 0 saturated heterocycles. The largest absolute Gasteiger partial charge is 0.455 e. The molecule has 0 N–H and O–H groups in total. The first-order chi connectivity index (χ1) is 25.8. The van der Waals surface area contributed by atoms with Gasteiger partial charge in [0, 0.05) is 33.2 Å². The number of nitrogens with zero attached hydrogens (tertiary/aromatic N) is 2. The number of fused-ring (bicyclic) bond motifs is 5. The molecule has 0 atom stereocenters. The monoisotopic (exact) mass is 664 g/mol. The third kappa shape index (κ3) is 5.19. The zero-order valence-corrected chi connectivity index (χ0v) is 28.3. The molecule has 0 aliphatic carbocycles. The van der Waals surface area contributed by atoms with Gasteiger partial charge in [0.2, 0.25) is 0 Å². The quantitative estimate of drug-likeness (QED) is 0.177. The summed E-state index contributed by atoms with van der Waals surface area (Å²) in [6.45, 7) is 0. The molecule has 0 bridgehead atoms. The van der Waals surface area contributed by atoms with Crippen molar-refractivity contribution in [2.75, 3.05) is 0 Å². The van der Waals surface area contributed by atoms with Crippen LogP contribution in [-0.2, 0) is 0 Å². The summed E-state index contributed by atoms with van der Waals surface area (Å²) in [5.74, 6) is 0.876. The summed E-state index contributed by atoms with van der Waals surface area (Å²) in [5, 5.41) is 3.39. The SMILES string of the molecule is c1ccc(-c2ccc(-c3cc(-c4ccccc4)nc(-c4ccc(-n5c6ccccc6c6c7oc(-c8ccccc8)cc7ccc65)cc4)c3)cc2)cc1. The average Bonchev–Trinajstić information content (AvgIpc) is 3.82. The molecule has 0 unspecified atom stereocenters. The van der Waals surface area contributed by atoms with Crippen LogP contribution in [0.4, 0.5) is 0 Å². The van der Waals surface area contributed by atoms with Crippen molar-refractivity contribution in [1.82, 2.24) is 9.55 Å². The Balaban J connectivity index is 1.07. The van der Waals surface area contributed by atoms with Gasteiger partial charge in [0.1, 0.15) is 11.3 Å². The fraction of sp³-hybridized carbons (Fsp3) is 0. The number of hydrogen-bond acceptors (Lipinski definition) is 2. The van der Waals surface area contributed by atoms with Gasteiger partial charge in [-0.25, -0.2) is 4.98 Å². The minimum Gasteiger partial charge on any atom is -0.455 e. The second-order valence-corrected chi connectivity index (χ2v) is 13.2. The normalized spacial score (nSPS) is 11.5. The lowest BCUT2D eigenvalue weighted by Gasteiger charge is -2.12. The Labute approximate surface area is 301 Å². The number of rotatable bonds is 6. The van der Waals surface area contributed by atoms with E-state index in [2.05, 4.69) is 174 Å². The first-order valence-corrected chi connectivity index (χ1v) is 17.6. The number of pyridine rings is 1. The van der Waals surface area contributed by atoms with Gasteiger partial charge >= 0.3 is 0 Å². The molecular formula is C49H32N2O. The van der Waals surface area contributed by atoms with Gasteiger partial charge in [-0.15, -0.1) is 0 Å². The van der Waals surface area contributed by atoms with Crippen molar-refractivity contribution >= 4 is 32.8 Å². The van der Waals surface area contributed by atoms with Crippen LogP contribution in [-0.4, -0.2) is 9.55 Å². The Morgan fingerprint density at radius 3 is 1.58 bits per heavy atom. The number of hydrogen-bond donors (Lipinski definition) is 0. The topological polar surface area (TPSA) is 31.0 Å². The second-order valence-electron chi connectivity index (χ2n) is 13.2. The van der Waals surface area contributed by atoms with Crippen molar-refractivity contribution in [1.29, 1.82) is 0 Å². The summed E-state index contributed by atoms with van der Waals surface area (Å²) in [6.07, 6.45) is 0. The van der Waals surface area contributed by atoms with E-state index in [1.54, 1.807) is 0 Å². The van der Waals surface area contributed by atoms with Crippen molar-refractivity contribution in [2.24, 2.45) is 0 Å². The highest BCUT2D eigenvalue weighted by atomic mass is 16.3. The predicted molar refractivity (Wildman–Crippen MR) is 216 cm³/mol. The molecule has 244 valence electrons. The van der Waals surface area contributed by atoms with Gasteiger partial charge in [0.25, 0.3) is 0 Å². The van der Waals surface area contributed by atoms with Gasteiger partial charge in [-0.05, 0) is 70.8 Å². The van der Waals surface area contributed by atoms with Crippen LogP contribution in [0.1, 0.15) is 0 Å². The van der Waals surface area contributed by atoms with E-state index in [-0.39, 0.29) is 0 Å². The summed E-state index contributed by atoms with van der Waals surface area (Å²) >= 11 is 0. The van der Waals surface area contributed by atoms with Crippen molar-refractivity contribution in [2.45, 2.75) is 0 Å². The third-order valence-electron chi connectivity index (χ3n) is 10.0. The van der Waals surface area contributed by atoms with Crippen molar-refractivity contribution in [3.8, 4) is 61.8 Å². The van der Waals surface area contributed by atoms with E-state index in [4.69, 9.17) is 9.40 Å². The van der Waals surface area contributed by atoms with Crippen LogP contribution in [0.25, 0.3) is 94.6 Å². The lowest BCUT2D eigenvalue weighted by Crippen LogP contribution is -1.95. The molecule has 0 aliphatic heterocycles. The summed E-state index contributed by atoms with van der Waals surface area (Å²) in [6, 6.07) is 68.4. The molecule has 3 heteroatoms. The summed E-state index contributed by atoms with van der Waals surface area (Å²) in [4.78, 5) is 5.20. The van der Waals surface area contributed by atoms with Crippen molar-refractivity contribution < 1.29 is 4.42 Å². The number of aromatic nitrogens is 2. The second kappa shape index (κ2) is 12.4. The highest BCUT2D eigenvalue weighted by molar-refractivity contribution is 6.20. The lowest BCUT2D eigenvalue weighted by molar-refractivity contribution is 0.635. The highest BCUT2D eigenvalue weighted by Gasteiger charge is 2.18. The lowest BCUT2D eigenvalue weighted by atomic mass is 9.97. The number of benzene rings is 7. The minimum atomic E-state index is 0.876. The number of furan rings is 1. The van der Waals surface area contributed by atoms with Crippen LogP contribution in [0.2, 0.25) is 0 Å². The van der Waals surface area contributed by atoms with E-state index in [1.165, 1.54) is 16.5 Å². The third-order valence-corrected chi connectivity index (χ3v) is 10.0. The fourth-order valence-corrected chi connectivity index (χ4v) is 7.44. The Morgan fingerprint density at radius 2 is 0.904 bits per heavy atom. The molecular weight excluding hydrogens is 633 g/mol. The van der Waals surface area contributed by atoms with Gasteiger partial charge < -0.3 is 8.98 Å². The molecule has 0 aliphatic rings. The van der Waals surface area contributed by atoms with E-state index < -0.39 is 0 Å². The zero-order valence-electron chi connectivity index (χ0n) is 28.3. The van der Waals surface area contributed by atoms with Gasteiger partial charge in [0.05, 0.1) is 27.8 Å². The molecule has 52 heavy (non-hydrogen) atoms. The number of para-hydroxylation sites is 1. The minimum absolute atomic E-state index is 0.876. The molecule has 7 aromatic carbocycles. The highest BCUT2D eigenvalue weighted by Crippen LogP contribution is 2.40. The molecule has 10 rings (SSSR count). The van der Waals surface area contributed by atoms with Crippen LogP contribution in [0, 0.1) is 0 Å². The van der Waals surface area contributed by atoms with Gasteiger partial charge in [0.15, 0.2) is 0 Å². The molecule has 3 heterocycles. The predicted octanol–water partition coefficient (Wildman–Crippen LogP) is 13.3. The Bertz CT molecular complexity index is 2850. The smallest absolute Gasteiger partial charge is 0.144 e. The molecule has 10 aromatic rings. The molecule has 0 amide bonds. The van der Waals surface area contributed by atoms with Crippen molar-refractivity contribution in [3.63, 3.8) is 0 Å². The first kappa shape index (κ1) is 29.9. The van der Waals surface area contributed by atoms with Crippen molar-refractivity contribution in [3.05, 3.63) is 194 Å². The van der Waals surface area contributed by atoms with E-state index in [0.29, 0.717) is 0 Å². The molecule has 0 fully saturated rings. The Morgan fingerprint density at radius 1 is 0.385 bits per heavy atom. The maximum absolute atomic E-state index is 6.60. The van der Waals surface area contributed by atoms with E-state index in [9.17, 15) is 0 Å². The molecule has 0 spiro atoms. The van der Waals surface area contributed by atoms with E-state index in [1.807, 2.05) is 24.3 Å². The van der Waals surface area contributed by atoms with Gasteiger partial charge in [-0.3, -0.25) is 0 Å². The van der Waals surface area contributed by atoms with Gasteiger partial charge in [-0.2, -0.15) is 0 Å². The summed E-state index contributed by atoms with van der Waals surface area (Å²) in [5.41, 5.74) is 14.1. The average molecular weight is 665 g/mol. The molecule has 3 nitrogen and oxygen atoms in total. The first-order valence-electron chi connectivity index (χ1n) is 17.6. The van der Waals surface area contributed by atoms with Crippen LogP contribution in [0.3, 0.4) is 0 Å². The summed E-state index contributed by atoms with van der Waals surface area (Å²) < 4.78 is 8.94. The standard InChI is InChI=1S/C49H32N2O/c1-4-12-33(13-5-1)34-20-22-35(23-21-34)40-30-43(36-14-6-2-7-15-36)50-44(31-40)37-24-27-41(28-25-37)51-45-19-11-10-18-42(45)48-46(51)29-26-39-32-47(52-49(39)48)38-16-8-3-9-17-38/h1-32H. The molecule has 0 saturated carbocycles. The van der Waals surface area contributed by atoms with Crippen LogP contribution in [0.5, 0.6) is 0 Å². The molecule has 0 radical (unpaired) electrons. The summed E-state index contributed by atoms with van der Waals surface area (Å²) in [7, 11) is 0. The maximum Gasteiger partial charge on any atom is 0.144 e. The molecule has 3 aromatic heterocycles. The fourth-order valence-electron chi connectivity index (χ4n) is 7.44. The zero-order chi connectivity index (χ0) is 34.4. The van der Waals surface area contributed by atoms with Crippen LogP contribution >= 0.6 is 0 Å². The maximum atomic E-state index is 6.60. The van der Waals surface area contributed by atoms with Crippen LogP contribution in [0.15, 0.2) is 199 Å². The van der Waals surface area contributed by atoms with E-state index in [0.717, 1.165) is 78.0 Å². The Hall–Kier alpha value is -6.97. The Kier molecular flexibility index (Phi) is 7.14.